The Balaban J connectivity index is 1.76. The normalized spacial score (nSPS) is 15.2. The van der Waals surface area contributed by atoms with Crippen LogP contribution in [-0.4, -0.2) is 11.9 Å². The first-order valence-corrected chi connectivity index (χ1v) is 8.26. The van der Waals surface area contributed by atoms with Gasteiger partial charge in [-0.15, -0.1) is 0 Å². The zero-order valence-corrected chi connectivity index (χ0v) is 13.7. The summed E-state index contributed by atoms with van der Waals surface area (Å²) >= 11 is 0. The zero-order chi connectivity index (χ0) is 16.9. The quantitative estimate of drug-likeness (QED) is 0.846. The van der Waals surface area contributed by atoms with E-state index in [4.69, 9.17) is 4.74 Å². The maximum atomic E-state index is 12.7. The second-order valence-electron chi connectivity index (χ2n) is 6.21. The summed E-state index contributed by atoms with van der Waals surface area (Å²) in [5.74, 6) is -0.685. The molecule has 1 aliphatic carbocycles. The fourth-order valence-corrected chi connectivity index (χ4v) is 2.60. The highest BCUT2D eigenvalue weighted by molar-refractivity contribution is 5.96. The summed E-state index contributed by atoms with van der Waals surface area (Å²) in [6.07, 6.45) is 1.81. The molecule has 1 aliphatic rings. The minimum Gasteiger partial charge on any atom is -0.447 e. The van der Waals surface area contributed by atoms with Crippen molar-refractivity contribution in [1.82, 2.24) is 0 Å². The Morgan fingerprint density at radius 3 is 2.29 bits per heavy atom. The average Bonchev–Trinajstić information content (AvgIpc) is 2.54. The number of ether oxygens (including phenoxy) is 1. The van der Waals surface area contributed by atoms with E-state index in [1.807, 2.05) is 49.4 Å². The Morgan fingerprint density at radius 1 is 1.04 bits per heavy atom. The lowest BCUT2D eigenvalue weighted by Gasteiger charge is -2.26. The SMILES string of the molecule is Cc1ccc(NC(=O)[C@@H](OC(=O)C2CCC2)c2ccccc2)cc1. The molecule has 2 aromatic carbocycles. The van der Waals surface area contributed by atoms with E-state index in [1.165, 1.54) is 0 Å². The molecule has 0 radical (unpaired) electrons. The van der Waals surface area contributed by atoms with Crippen molar-refractivity contribution in [1.29, 1.82) is 0 Å². The Bertz CT molecular complexity index is 705. The van der Waals surface area contributed by atoms with Gasteiger partial charge < -0.3 is 10.1 Å². The molecule has 4 heteroatoms. The van der Waals surface area contributed by atoms with Gasteiger partial charge in [-0.3, -0.25) is 9.59 Å². The van der Waals surface area contributed by atoms with Crippen LogP contribution in [0.15, 0.2) is 54.6 Å². The lowest BCUT2D eigenvalue weighted by Crippen LogP contribution is -2.31. The van der Waals surface area contributed by atoms with Crippen LogP contribution in [0.1, 0.15) is 36.5 Å². The summed E-state index contributed by atoms with van der Waals surface area (Å²) < 4.78 is 5.55. The van der Waals surface area contributed by atoms with Crippen LogP contribution < -0.4 is 5.32 Å². The lowest BCUT2D eigenvalue weighted by atomic mass is 9.85. The van der Waals surface area contributed by atoms with Gasteiger partial charge in [-0.25, -0.2) is 0 Å². The van der Waals surface area contributed by atoms with Crippen molar-refractivity contribution in [2.45, 2.75) is 32.3 Å². The molecule has 3 rings (SSSR count). The number of benzene rings is 2. The Kier molecular flexibility index (Phi) is 4.94. The summed E-state index contributed by atoms with van der Waals surface area (Å²) in [7, 11) is 0. The molecule has 124 valence electrons. The van der Waals surface area contributed by atoms with Crippen molar-refractivity contribution in [2.24, 2.45) is 5.92 Å². The number of carbonyl (C=O) groups is 2. The highest BCUT2D eigenvalue weighted by Crippen LogP contribution is 2.30. The van der Waals surface area contributed by atoms with E-state index >= 15 is 0 Å². The molecule has 0 spiro atoms. The maximum absolute atomic E-state index is 12.7. The van der Waals surface area contributed by atoms with Gasteiger partial charge in [0, 0.05) is 11.3 Å². The Morgan fingerprint density at radius 2 is 1.71 bits per heavy atom. The highest BCUT2D eigenvalue weighted by atomic mass is 16.5. The second-order valence-corrected chi connectivity index (χ2v) is 6.21. The molecule has 0 aliphatic heterocycles. The first-order valence-electron chi connectivity index (χ1n) is 8.26. The van der Waals surface area contributed by atoms with Gasteiger partial charge in [0.2, 0.25) is 6.10 Å². The largest absolute Gasteiger partial charge is 0.447 e. The standard InChI is InChI=1S/C20H21NO3/c1-14-10-12-17(13-11-14)21-19(22)18(15-6-3-2-4-7-15)24-20(23)16-8-5-9-16/h2-4,6-7,10-13,16,18H,5,8-9H2,1H3,(H,21,22)/t18-/m0/s1. The number of amides is 1. The third kappa shape index (κ3) is 3.82. The van der Waals surface area contributed by atoms with Crippen LogP contribution >= 0.6 is 0 Å². The number of hydrogen-bond donors (Lipinski definition) is 1. The van der Waals surface area contributed by atoms with Crippen LogP contribution in [-0.2, 0) is 14.3 Å². The van der Waals surface area contributed by atoms with Crippen LogP contribution in [0.3, 0.4) is 0 Å². The molecule has 1 saturated carbocycles. The van der Waals surface area contributed by atoms with Crippen LogP contribution in [0, 0.1) is 12.8 Å². The van der Waals surface area contributed by atoms with E-state index in [0.717, 1.165) is 24.8 Å². The predicted octanol–water partition coefficient (Wildman–Crippen LogP) is 4.02. The van der Waals surface area contributed by atoms with Crippen LogP contribution in [0.4, 0.5) is 5.69 Å². The molecule has 0 bridgehead atoms. The molecular formula is C20H21NO3. The van der Waals surface area contributed by atoms with Crippen molar-refractivity contribution in [3.8, 4) is 0 Å². The molecule has 1 atom stereocenters. The summed E-state index contributed by atoms with van der Waals surface area (Å²) in [5, 5.41) is 2.83. The van der Waals surface area contributed by atoms with E-state index in [2.05, 4.69) is 5.32 Å². The molecule has 0 unspecified atom stereocenters. The summed E-state index contributed by atoms with van der Waals surface area (Å²) in [5.41, 5.74) is 2.48. The Labute approximate surface area is 141 Å². The Hall–Kier alpha value is -2.62. The van der Waals surface area contributed by atoms with Crippen molar-refractivity contribution in [2.75, 3.05) is 5.32 Å². The maximum Gasteiger partial charge on any atom is 0.310 e. The van der Waals surface area contributed by atoms with Gasteiger partial charge in [0.25, 0.3) is 5.91 Å². The molecule has 2 aromatic rings. The van der Waals surface area contributed by atoms with E-state index in [-0.39, 0.29) is 17.8 Å². The first-order chi connectivity index (χ1) is 11.6. The molecule has 1 fully saturated rings. The van der Waals surface area contributed by atoms with E-state index < -0.39 is 6.10 Å². The first kappa shape index (κ1) is 16.2. The molecule has 24 heavy (non-hydrogen) atoms. The van der Waals surface area contributed by atoms with Crippen LogP contribution in [0.25, 0.3) is 0 Å². The van der Waals surface area contributed by atoms with Gasteiger partial charge in [0.05, 0.1) is 5.92 Å². The van der Waals surface area contributed by atoms with E-state index in [0.29, 0.717) is 11.3 Å². The summed E-state index contributed by atoms with van der Waals surface area (Å²) in [4.78, 5) is 24.9. The molecule has 0 heterocycles. The molecule has 0 saturated heterocycles. The molecule has 0 aromatic heterocycles. The van der Waals surface area contributed by atoms with Crippen molar-refractivity contribution >= 4 is 17.6 Å². The average molecular weight is 323 g/mol. The topological polar surface area (TPSA) is 55.4 Å². The number of aryl methyl sites for hydroxylation is 1. The minimum absolute atomic E-state index is 0.0663. The number of hydrogen-bond acceptors (Lipinski definition) is 3. The van der Waals surface area contributed by atoms with Gasteiger partial charge in [-0.05, 0) is 31.9 Å². The van der Waals surface area contributed by atoms with Crippen molar-refractivity contribution < 1.29 is 14.3 Å². The summed E-state index contributed by atoms with van der Waals surface area (Å²) in [6.45, 7) is 1.98. The smallest absolute Gasteiger partial charge is 0.310 e. The predicted molar refractivity (Wildman–Crippen MR) is 92.4 cm³/mol. The molecule has 1 N–H and O–H groups in total. The monoisotopic (exact) mass is 323 g/mol. The number of esters is 1. The highest BCUT2D eigenvalue weighted by Gasteiger charge is 2.32. The fourth-order valence-electron chi connectivity index (χ4n) is 2.60. The molecular weight excluding hydrogens is 302 g/mol. The summed E-state index contributed by atoms with van der Waals surface area (Å²) in [6, 6.07) is 16.7. The van der Waals surface area contributed by atoms with E-state index in [1.54, 1.807) is 12.1 Å². The van der Waals surface area contributed by atoms with Crippen molar-refractivity contribution in [3.05, 3.63) is 65.7 Å². The number of nitrogens with one attached hydrogen (secondary N) is 1. The number of carbonyl (C=O) groups excluding carboxylic acids is 2. The lowest BCUT2D eigenvalue weighted by molar-refractivity contribution is -0.161. The van der Waals surface area contributed by atoms with Gasteiger partial charge >= 0.3 is 5.97 Å². The van der Waals surface area contributed by atoms with E-state index in [9.17, 15) is 9.59 Å². The van der Waals surface area contributed by atoms with Gasteiger partial charge in [0.1, 0.15) is 0 Å². The third-order valence-electron chi connectivity index (χ3n) is 4.33. The minimum atomic E-state index is -0.930. The van der Waals surface area contributed by atoms with Gasteiger partial charge in [-0.1, -0.05) is 54.4 Å². The fraction of sp³-hybridized carbons (Fsp3) is 0.300. The number of anilines is 1. The van der Waals surface area contributed by atoms with Gasteiger partial charge in [0.15, 0.2) is 0 Å². The van der Waals surface area contributed by atoms with Crippen LogP contribution in [0.5, 0.6) is 0 Å². The zero-order valence-electron chi connectivity index (χ0n) is 13.7. The second kappa shape index (κ2) is 7.30. The molecule has 1 amide bonds. The van der Waals surface area contributed by atoms with Crippen LogP contribution in [0.2, 0.25) is 0 Å². The third-order valence-corrected chi connectivity index (χ3v) is 4.33. The molecule has 4 nitrogen and oxygen atoms in total. The number of rotatable bonds is 5. The van der Waals surface area contributed by atoms with Gasteiger partial charge in [-0.2, -0.15) is 0 Å². The van der Waals surface area contributed by atoms with Crippen molar-refractivity contribution in [3.63, 3.8) is 0 Å².